The number of sulfonamides is 1. The molecule has 0 aliphatic carbocycles. The molecule has 0 saturated carbocycles. The number of carbonyl (C=O) groups is 1. The maximum atomic E-state index is 13.2. The van der Waals surface area contributed by atoms with Crippen LogP contribution in [0.25, 0.3) is 0 Å². The molecule has 1 aliphatic heterocycles. The van der Waals surface area contributed by atoms with Crippen LogP contribution in [-0.2, 0) is 10.0 Å². The molecule has 24 heavy (non-hydrogen) atoms. The summed E-state index contributed by atoms with van der Waals surface area (Å²) in [6.45, 7) is 0.890. The standard InChI is InChI=1S/C16H14FNO5S/c17-12-4-1-3-11(9-12)16(19)18-24(20,21)13-5-6-14-15(10-13)23-8-2-7-22-14/h1,3-6,9-10H,2,7-8H2,(H,18,19). The highest BCUT2D eigenvalue weighted by Gasteiger charge is 2.22. The average molecular weight is 351 g/mol. The van der Waals surface area contributed by atoms with Gasteiger partial charge in [0.25, 0.3) is 15.9 Å². The Balaban J connectivity index is 1.85. The Morgan fingerprint density at radius 3 is 2.54 bits per heavy atom. The molecule has 3 rings (SSSR count). The molecule has 0 unspecified atom stereocenters. The zero-order valence-electron chi connectivity index (χ0n) is 12.5. The lowest BCUT2D eigenvalue weighted by atomic mass is 10.2. The molecule has 0 spiro atoms. The highest BCUT2D eigenvalue weighted by molar-refractivity contribution is 7.90. The van der Waals surface area contributed by atoms with Gasteiger partial charge in [-0.3, -0.25) is 4.79 Å². The van der Waals surface area contributed by atoms with Gasteiger partial charge in [-0.25, -0.2) is 17.5 Å². The van der Waals surface area contributed by atoms with Crippen molar-refractivity contribution in [2.24, 2.45) is 0 Å². The number of ether oxygens (including phenoxy) is 2. The van der Waals surface area contributed by atoms with Gasteiger partial charge in [0.05, 0.1) is 18.1 Å². The molecule has 8 heteroatoms. The van der Waals surface area contributed by atoms with Crippen LogP contribution in [0.5, 0.6) is 11.5 Å². The van der Waals surface area contributed by atoms with Crippen molar-refractivity contribution in [2.75, 3.05) is 13.2 Å². The molecule has 1 N–H and O–H groups in total. The first-order valence-electron chi connectivity index (χ1n) is 7.18. The summed E-state index contributed by atoms with van der Waals surface area (Å²) in [5.41, 5.74) is -0.0899. The van der Waals surface area contributed by atoms with E-state index in [1.807, 2.05) is 4.72 Å². The van der Waals surface area contributed by atoms with Crippen molar-refractivity contribution in [1.29, 1.82) is 0 Å². The average Bonchev–Trinajstić information content (AvgIpc) is 2.79. The minimum absolute atomic E-state index is 0.0899. The van der Waals surface area contributed by atoms with Crippen molar-refractivity contribution < 1.29 is 27.1 Å². The summed E-state index contributed by atoms with van der Waals surface area (Å²) >= 11 is 0. The lowest BCUT2D eigenvalue weighted by molar-refractivity contribution is 0.0981. The Bertz CT molecular complexity index is 882. The second-order valence-corrected chi connectivity index (χ2v) is 6.79. The highest BCUT2D eigenvalue weighted by Crippen LogP contribution is 2.31. The summed E-state index contributed by atoms with van der Waals surface area (Å²) in [4.78, 5) is 11.9. The topological polar surface area (TPSA) is 81.7 Å². The first-order valence-corrected chi connectivity index (χ1v) is 8.66. The number of nitrogens with one attached hydrogen (secondary N) is 1. The van der Waals surface area contributed by atoms with Gasteiger partial charge in [-0.15, -0.1) is 0 Å². The van der Waals surface area contributed by atoms with Gasteiger partial charge >= 0.3 is 0 Å². The van der Waals surface area contributed by atoms with E-state index in [4.69, 9.17) is 9.47 Å². The van der Waals surface area contributed by atoms with Gasteiger partial charge in [0.15, 0.2) is 11.5 Å². The molecule has 2 aromatic rings. The number of benzene rings is 2. The highest BCUT2D eigenvalue weighted by atomic mass is 32.2. The van der Waals surface area contributed by atoms with Gasteiger partial charge in [-0.2, -0.15) is 0 Å². The predicted molar refractivity (Wildman–Crippen MR) is 83.1 cm³/mol. The molecular formula is C16H14FNO5S. The van der Waals surface area contributed by atoms with Crippen molar-refractivity contribution in [2.45, 2.75) is 11.3 Å². The third-order valence-corrected chi connectivity index (χ3v) is 4.67. The van der Waals surface area contributed by atoms with Crippen LogP contribution < -0.4 is 14.2 Å². The van der Waals surface area contributed by atoms with Crippen molar-refractivity contribution >= 4 is 15.9 Å². The van der Waals surface area contributed by atoms with E-state index in [9.17, 15) is 17.6 Å². The number of fused-ring (bicyclic) bond motifs is 1. The van der Waals surface area contributed by atoms with Gasteiger partial charge < -0.3 is 9.47 Å². The van der Waals surface area contributed by atoms with Crippen molar-refractivity contribution in [1.82, 2.24) is 4.72 Å². The summed E-state index contributed by atoms with van der Waals surface area (Å²) in [5.74, 6) is -0.797. The van der Waals surface area contributed by atoms with E-state index < -0.39 is 21.7 Å². The first kappa shape index (κ1) is 16.3. The van der Waals surface area contributed by atoms with Crippen LogP contribution >= 0.6 is 0 Å². The molecular weight excluding hydrogens is 337 g/mol. The maximum absolute atomic E-state index is 13.2. The van der Waals surface area contributed by atoms with Crippen molar-refractivity contribution in [3.05, 3.63) is 53.8 Å². The largest absolute Gasteiger partial charge is 0.490 e. The molecule has 0 fully saturated rings. The summed E-state index contributed by atoms with van der Waals surface area (Å²) in [6, 6.07) is 8.85. The van der Waals surface area contributed by atoms with Gasteiger partial charge in [-0.05, 0) is 30.3 Å². The number of rotatable bonds is 3. The molecule has 1 heterocycles. The number of hydrogen-bond acceptors (Lipinski definition) is 5. The third-order valence-electron chi connectivity index (χ3n) is 3.34. The van der Waals surface area contributed by atoms with Crippen LogP contribution in [-0.4, -0.2) is 27.5 Å². The molecule has 126 valence electrons. The monoisotopic (exact) mass is 351 g/mol. The van der Waals surface area contributed by atoms with Gasteiger partial charge in [0.2, 0.25) is 0 Å². The fourth-order valence-corrected chi connectivity index (χ4v) is 3.17. The Labute approximate surface area is 138 Å². The van der Waals surface area contributed by atoms with E-state index in [1.54, 1.807) is 0 Å². The lowest BCUT2D eigenvalue weighted by Crippen LogP contribution is -2.30. The van der Waals surface area contributed by atoms with Gasteiger partial charge in [0, 0.05) is 18.1 Å². The summed E-state index contributed by atoms with van der Waals surface area (Å²) < 4.78 is 50.6. The molecule has 2 aromatic carbocycles. The van der Waals surface area contributed by atoms with Crippen molar-refractivity contribution in [3.63, 3.8) is 0 Å². The lowest BCUT2D eigenvalue weighted by Gasteiger charge is -2.11. The van der Waals surface area contributed by atoms with Crippen LogP contribution in [0.2, 0.25) is 0 Å². The van der Waals surface area contributed by atoms with E-state index in [-0.39, 0.29) is 10.5 Å². The van der Waals surface area contributed by atoms with Crippen molar-refractivity contribution in [3.8, 4) is 11.5 Å². The number of amides is 1. The van der Waals surface area contributed by atoms with Gasteiger partial charge in [0.1, 0.15) is 5.82 Å². The molecule has 0 radical (unpaired) electrons. The second-order valence-electron chi connectivity index (χ2n) is 5.10. The summed E-state index contributed by atoms with van der Waals surface area (Å²) in [5, 5.41) is 0. The quantitative estimate of drug-likeness (QED) is 0.916. The number of halogens is 1. The first-order chi connectivity index (χ1) is 11.5. The van der Waals surface area contributed by atoms with E-state index in [2.05, 4.69) is 0 Å². The molecule has 1 aliphatic rings. The Kier molecular flexibility index (Phi) is 4.39. The van der Waals surface area contributed by atoms with E-state index in [0.717, 1.165) is 12.1 Å². The minimum atomic E-state index is -4.12. The molecule has 0 bridgehead atoms. The maximum Gasteiger partial charge on any atom is 0.265 e. The number of hydrogen-bond donors (Lipinski definition) is 1. The normalized spacial score (nSPS) is 13.9. The number of carbonyl (C=O) groups excluding carboxylic acids is 1. The fourth-order valence-electron chi connectivity index (χ4n) is 2.18. The molecule has 6 nitrogen and oxygen atoms in total. The van der Waals surface area contributed by atoms with Crippen LogP contribution in [0, 0.1) is 5.82 Å². The summed E-state index contributed by atoms with van der Waals surface area (Å²) in [7, 11) is -4.12. The smallest absolute Gasteiger partial charge is 0.265 e. The Morgan fingerprint density at radius 1 is 1.04 bits per heavy atom. The SMILES string of the molecule is O=C(NS(=O)(=O)c1ccc2c(c1)OCCCO2)c1cccc(F)c1. The van der Waals surface area contributed by atoms with E-state index in [0.29, 0.717) is 31.1 Å². The third kappa shape index (κ3) is 3.48. The molecule has 0 atom stereocenters. The minimum Gasteiger partial charge on any atom is -0.490 e. The zero-order chi connectivity index (χ0) is 17.2. The Morgan fingerprint density at radius 2 is 1.79 bits per heavy atom. The van der Waals surface area contributed by atoms with E-state index >= 15 is 0 Å². The summed E-state index contributed by atoms with van der Waals surface area (Å²) in [6.07, 6.45) is 0.688. The van der Waals surface area contributed by atoms with Gasteiger partial charge in [-0.1, -0.05) is 6.07 Å². The van der Waals surface area contributed by atoms with Crippen LogP contribution in [0.15, 0.2) is 47.4 Å². The molecule has 1 amide bonds. The Hall–Kier alpha value is -2.61. The van der Waals surface area contributed by atoms with E-state index in [1.165, 1.54) is 30.3 Å². The van der Waals surface area contributed by atoms with Crippen LogP contribution in [0.1, 0.15) is 16.8 Å². The zero-order valence-corrected chi connectivity index (χ0v) is 13.3. The second kappa shape index (κ2) is 6.48. The van der Waals surface area contributed by atoms with Crippen LogP contribution in [0.3, 0.4) is 0 Å². The predicted octanol–water partition coefficient (Wildman–Crippen LogP) is 2.11. The molecule has 0 aromatic heterocycles. The van der Waals surface area contributed by atoms with Crippen LogP contribution in [0.4, 0.5) is 4.39 Å². The fraction of sp³-hybridized carbons (Fsp3) is 0.188. The molecule has 0 saturated heterocycles.